The highest BCUT2D eigenvalue weighted by atomic mass is 32.1. The van der Waals surface area contributed by atoms with Gasteiger partial charge in [-0.15, -0.1) is 11.3 Å². The van der Waals surface area contributed by atoms with E-state index in [4.69, 9.17) is 5.11 Å². The van der Waals surface area contributed by atoms with Gasteiger partial charge in [-0.05, 0) is 26.7 Å². The predicted octanol–water partition coefficient (Wildman–Crippen LogP) is 3.15. The Labute approximate surface area is 130 Å². The molecule has 1 aromatic heterocycles. The fourth-order valence-corrected chi connectivity index (χ4v) is 3.40. The van der Waals surface area contributed by atoms with Crippen molar-refractivity contribution in [3.8, 4) is 0 Å². The number of halogens is 2. The zero-order valence-corrected chi connectivity index (χ0v) is 13.2. The Balaban J connectivity index is 1.97. The number of alkyl halides is 2. The third kappa shape index (κ3) is 3.79. The van der Waals surface area contributed by atoms with Gasteiger partial charge < -0.3 is 10.4 Å². The first-order chi connectivity index (χ1) is 10.2. The minimum Gasteiger partial charge on any atom is -0.477 e. The Morgan fingerprint density at radius 3 is 2.50 bits per heavy atom. The summed E-state index contributed by atoms with van der Waals surface area (Å²) in [5.41, 5.74) is 0.408. The van der Waals surface area contributed by atoms with Crippen molar-refractivity contribution in [2.75, 3.05) is 0 Å². The summed E-state index contributed by atoms with van der Waals surface area (Å²) in [6.45, 7) is 3.31. The molecular formula is C14H18F2N2O3S. The Hall–Kier alpha value is -1.57. The fraction of sp³-hybridized carbons (Fsp3) is 0.643. The van der Waals surface area contributed by atoms with Gasteiger partial charge in [0.25, 0.3) is 0 Å². The molecule has 2 N–H and O–H groups in total. The maximum atomic E-state index is 13.1. The maximum Gasteiger partial charge on any atom is 0.347 e. The van der Waals surface area contributed by atoms with E-state index in [1.165, 1.54) is 0 Å². The lowest BCUT2D eigenvalue weighted by Crippen LogP contribution is -2.37. The van der Waals surface area contributed by atoms with Crippen LogP contribution in [-0.4, -0.2) is 27.9 Å². The average Bonchev–Trinajstić information content (AvgIpc) is 2.80. The minimum atomic E-state index is -2.66. The number of carbonyl (C=O) groups excluding carboxylic acids is 1. The van der Waals surface area contributed by atoms with E-state index in [9.17, 15) is 18.4 Å². The van der Waals surface area contributed by atoms with E-state index in [1.807, 2.05) is 0 Å². The molecular weight excluding hydrogens is 314 g/mol. The van der Waals surface area contributed by atoms with Crippen molar-refractivity contribution in [2.24, 2.45) is 5.92 Å². The third-order valence-corrected chi connectivity index (χ3v) is 5.15. The second-order valence-corrected chi connectivity index (χ2v) is 6.66. The lowest BCUT2D eigenvalue weighted by Gasteiger charge is -2.28. The van der Waals surface area contributed by atoms with Crippen LogP contribution >= 0.6 is 11.3 Å². The molecule has 22 heavy (non-hydrogen) atoms. The van der Waals surface area contributed by atoms with Crippen molar-refractivity contribution in [2.45, 2.75) is 51.5 Å². The average molecular weight is 332 g/mol. The number of aryl methyl sites for hydroxylation is 1. The highest BCUT2D eigenvalue weighted by Gasteiger charge is 2.37. The van der Waals surface area contributed by atoms with Crippen LogP contribution < -0.4 is 5.32 Å². The topological polar surface area (TPSA) is 79.3 Å². The smallest absolute Gasteiger partial charge is 0.347 e. The molecule has 1 saturated carbocycles. The summed E-state index contributed by atoms with van der Waals surface area (Å²) in [5, 5.41) is 12.3. The van der Waals surface area contributed by atoms with E-state index in [0.29, 0.717) is 10.7 Å². The molecule has 1 amide bonds. The molecule has 0 bridgehead atoms. The molecule has 0 spiro atoms. The molecule has 1 aliphatic rings. The van der Waals surface area contributed by atoms with Crippen LogP contribution in [0.3, 0.4) is 0 Å². The van der Waals surface area contributed by atoms with Crippen molar-refractivity contribution >= 4 is 23.2 Å². The van der Waals surface area contributed by atoms with Crippen LogP contribution in [-0.2, 0) is 4.79 Å². The molecule has 122 valence electrons. The molecule has 1 aliphatic carbocycles. The Bertz CT molecular complexity index is 579. The second kappa shape index (κ2) is 6.28. The summed E-state index contributed by atoms with van der Waals surface area (Å²) >= 11 is 1.02. The SMILES string of the molecule is Cc1nc(C(C)NC(=O)C2CCC(F)(F)CC2)sc1C(=O)O. The first kappa shape index (κ1) is 16.8. The number of carbonyl (C=O) groups is 2. The molecule has 2 rings (SSSR count). The largest absolute Gasteiger partial charge is 0.477 e. The molecule has 1 atom stereocenters. The molecule has 1 fully saturated rings. The third-order valence-electron chi connectivity index (χ3n) is 3.82. The van der Waals surface area contributed by atoms with Crippen LogP contribution in [0.5, 0.6) is 0 Å². The molecule has 0 radical (unpaired) electrons. The van der Waals surface area contributed by atoms with Gasteiger partial charge in [0, 0.05) is 18.8 Å². The van der Waals surface area contributed by atoms with Crippen molar-refractivity contribution in [3.63, 3.8) is 0 Å². The summed E-state index contributed by atoms with van der Waals surface area (Å²) in [5.74, 6) is -4.39. The van der Waals surface area contributed by atoms with Crippen LogP contribution in [0.4, 0.5) is 8.78 Å². The van der Waals surface area contributed by atoms with Crippen LogP contribution in [0.15, 0.2) is 0 Å². The number of amides is 1. The molecule has 1 unspecified atom stereocenters. The normalized spacial score (nSPS) is 19.6. The van der Waals surface area contributed by atoms with Gasteiger partial charge in [0.15, 0.2) is 0 Å². The Morgan fingerprint density at radius 2 is 2.00 bits per heavy atom. The number of rotatable bonds is 4. The fourth-order valence-electron chi connectivity index (χ4n) is 2.50. The summed E-state index contributed by atoms with van der Waals surface area (Å²) in [6, 6.07) is -0.438. The molecule has 1 heterocycles. The zero-order chi connectivity index (χ0) is 16.5. The van der Waals surface area contributed by atoms with E-state index in [0.717, 1.165) is 11.3 Å². The summed E-state index contributed by atoms with van der Waals surface area (Å²) in [6.07, 6.45) is -0.191. The van der Waals surface area contributed by atoms with Gasteiger partial charge in [0.1, 0.15) is 9.88 Å². The first-order valence-electron chi connectivity index (χ1n) is 7.08. The van der Waals surface area contributed by atoms with Gasteiger partial charge >= 0.3 is 5.97 Å². The Morgan fingerprint density at radius 1 is 1.41 bits per heavy atom. The number of aromatic carboxylic acids is 1. The quantitative estimate of drug-likeness (QED) is 0.888. The maximum absolute atomic E-state index is 13.1. The van der Waals surface area contributed by atoms with Crippen molar-refractivity contribution in [1.82, 2.24) is 10.3 Å². The molecule has 1 aromatic rings. The molecule has 5 nitrogen and oxygen atoms in total. The lowest BCUT2D eigenvalue weighted by atomic mass is 9.86. The van der Waals surface area contributed by atoms with Gasteiger partial charge in [-0.3, -0.25) is 4.79 Å². The summed E-state index contributed by atoms with van der Waals surface area (Å²) in [7, 11) is 0. The van der Waals surface area contributed by atoms with E-state index in [1.54, 1.807) is 13.8 Å². The van der Waals surface area contributed by atoms with Crippen LogP contribution in [0, 0.1) is 12.8 Å². The highest BCUT2D eigenvalue weighted by molar-refractivity contribution is 7.13. The van der Waals surface area contributed by atoms with Gasteiger partial charge in [-0.1, -0.05) is 0 Å². The van der Waals surface area contributed by atoms with Gasteiger partial charge in [0.2, 0.25) is 11.8 Å². The number of thiazole rings is 1. The highest BCUT2D eigenvalue weighted by Crippen LogP contribution is 2.36. The van der Waals surface area contributed by atoms with Crippen LogP contribution in [0.2, 0.25) is 0 Å². The number of carboxylic acid groups (broad SMARTS) is 1. The van der Waals surface area contributed by atoms with Crippen LogP contribution in [0.1, 0.15) is 59.0 Å². The number of hydrogen-bond donors (Lipinski definition) is 2. The number of aromatic nitrogens is 1. The van der Waals surface area contributed by atoms with Gasteiger partial charge in [0.05, 0.1) is 11.7 Å². The second-order valence-electron chi connectivity index (χ2n) is 5.63. The zero-order valence-electron chi connectivity index (χ0n) is 12.4. The summed E-state index contributed by atoms with van der Waals surface area (Å²) in [4.78, 5) is 27.4. The van der Waals surface area contributed by atoms with E-state index in [2.05, 4.69) is 10.3 Å². The van der Waals surface area contributed by atoms with Gasteiger partial charge in [-0.2, -0.15) is 0 Å². The van der Waals surface area contributed by atoms with Crippen molar-refractivity contribution < 1.29 is 23.5 Å². The first-order valence-corrected chi connectivity index (χ1v) is 7.90. The summed E-state index contributed by atoms with van der Waals surface area (Å²) < 4.78 is 26.2. The number of hydrogen-bond acceptors (Lipinski definition) is 4. The monoisotopic (exact) mass is 332 g/mol. The van der Waals surface area contributed by atoms with Crippen molar-refractivity contribution in [3.05, 3.63) is 15.6 Å². The van der Waals surface area contributed by atoms with Gasteiger partial charge in [-0.25, -0.2) is 18.6 Å². The van der Waals surface area contributed by atoms with Crippen molar-refractivity contribution in [1.29, 1.82) is 0 Å². The Kier molecular flexibility index (Phi) is 4.79. The minimum absolute atomic E-state index is 0.147. The van der Waals surface area contributed by atoms with Crippen LogP contribution in [0.25, 0.3) is 0 Å². The van der Waals surface area contributed by atoms with E-state index in [-0.39, 0.29) is 36.5 Å². The molecule has 0 aliphatic heterocycles. The predicted molar refractivity (Wildman–Crippen MR) is 77.3 cm³/mol. The number of nitrogens with zero attached hydrogens (tertiary/aromatic N) is 1. The number of carboxylic acids is 1. The molecule has 0 aromatic carbocycles. The molecule has 8 heteroatoms. The molecule has 0 saturated heterocycles. The van der Waals surface area contributed by atoms with E-state index >= 15 is 0 Å². The van der Waals surface area contributed by atoms with E-state index < -0.39 is 23.9 Å². The number of nitrogens with one attached hydrogen (secondary N) is 1. The lowest BCUT2D eigenvalue weighted by molar-refractivity contribution is -0.129. The standard InChI is InChI=1S/C14H18F2N2O3S/c1-7-10(13(20)21)22-12(18-7)8(2)17-11(19)9-3-5-14(15,16)6-4-9/h8-9H,3-6H2,1-2H3,(H,17,19)(H,20,21).